The van der Waals surface area contributed by atoms with Gasteiger partial charge >= 0.3 is 0 Å². The highest BCUT2D eigenvalue weighted by atomic mass is 16.5. The van der Waals surface area contributed by atoms with E-state index >= 15 is 0 Å². The maximum atomic E-state index is 5.05. The summed E-state index contributed by atoms with van der Waals surface area (Å²) in [6.07, 6.45) is 1.90. The van der Waals surface area contributed by atoms with Crippen LogP contribution < -0.4 is 10.1 Å². The van der Waals surface area contributed by atoms with Gasteiger partial charge in [0.25, 0.3) is 0 Å². The van der Waals surface area contributed by atoms with Crippen molar-refractivity contribution in [3.05, 3.63) is 23.9 Å². The molecule has 1 aromatic heterocycles. The summed E-state index contributed by atoms with van der Waals surface area (Å²) in [5.74, 6) is 0.678. The largest absolute Gasteiger partial charge is 0.481 e. The van der Waals surface area contributed by atoms with E-state index in [0.29, 0.717) is 11.9 Å². The lowest BCUT2D eigenvalue weighted by atomic mass is 10.2. The first kappa shape index (κ1) is 11.4. The second-order valence-corrected chi connectivity index (χ2v) is 4.23. The van der Waals surface area contributed by atoms with E-state index in [9.17, 15) is 0 Å². The summed E-state index contributed by atoms with van der Waals surface area (Å²) in [4.78, 5) is 6.70. The number of ether oxygens (including phenoxy) is 1. The van der Waals surface area contributed by atoms with Gasteiger partial charge in [0.1, 0.15) is 0 Å². The molecule has 0 radical (unpaired) electrons. The van der Waals surface area contributed by atoms with Crippen LogP contribution in [0.3, 0.4) is 0 Å². The quantitative estimate of drug-likeness (QED) is 0.822. The first-order valence-corrected chi connectivity index (χ1v) is 5.73. The van der Waals surface area contributed by atoms with Crippen molar-refractivity contribution in [3.63, 3.8) is 0 Å². The summed E-state index contributed by atoms with van der Waals surface area (Å²) in [6, 6.07) is 4.60. The molecule has 0 aromatic carbocycles. The lowest BCUT2D eigenvalue weighted by Crippen LogP contribution is -2.49. The minimum absolute atomic E-state index is 0.593. The molecule has 0 unspecified atom stereocenters. The van der Waals surface area contributed by atoms with Crippen molar-refractivity contribution in [1.29, 1.82) is 0 Å². The van der Waals surface area contributed by atoms with Gasteiger partial charge in [-0.1, -0.05) is 6.07 Å². The number of methoxy groups -OCH3 is 1. The molecule has 1 aromatic rings. The third-order valence-corrected chi connectivity index (χ3v) is 3.03. The van der Waals surface area contributed by atoms with Crippen molar-refractivity contribution in [2.24, 2.45) is 0 Å². The molecule has 88 valence electrons. The second-order valence-electron chi connectivity index (χ2n) is 4.23. The molecule has 1 fully saturated rings. The van der Waals surface area contributed by atoms with Crippen LogP contribution in [0.4, 0.5) is 0 Å². The molecule has 4 heteroatoms. The van der Waals surface area contributed by atoms with Crippen LogP contribution in [0.1, 0.15) is 12.5 Å². The standard InChI is InChI=1S/C12H19N3O/c1-10-7-13-5-6-15(10)9-11-3-4-12(16-2)14-8-11/h3-4,8,10,13H,5-7,9H2,1-2H3/t10-/m1/s1. The van der Waals surface area contributed by atoms with Gasteiger partial charge in [-0.15, -0.1) is 0 Å². The van der Waals surface area contributed by atoms with Gasteiger partial charge in [0.15, 0.2) is 0 Å². The summed E-state index contributed by atoms with van der Waals surface area (Å²) < 4.78 is 5.05. The van der Waals surface area contributed by atoms with Crippen molar-refractivity contribution < 1.29 is 4.74 Å². The molecule has 1 aliphatic rings. The van der Waals surface area contributed by atoms with Crippen LogP contribution in [-0.2, 0) is 6.54 Å². The number of piperazine rings is 1. The predicted octanol–water partition coefficient (Wildman–Crippen LogP) is 0.884. The molecule has 1 N–H and O–H groups in total. The Morgan fingerprint density at radius 1 is 1.56 bits per heavy atom. The molecule has 16 heavy (non-hydrogen) atoms. The monoisotopic (exact) mass is 221 g/mol. The van der Waals surface area contributed by atoms with Crippen LogP contribution in [0.15, 0.2) is 18.3 Å². The van der Waals surface area contributed by atoms with Crippen molar-refractivity contribution in [3.8, 4) is 5.88 Å². The maximum absolute atomic E-state index is 5.05. The minimum Gasteiger partial charge on any atom is -0.481 e. The van der Waals surface area contributed by atoms with E-state index in [1.54, 1.807) is 7.11 Å². The molecule has 4 nitrogen and oxygen atoms in total. The number of nitrogens with zero attached hydrogens (tertiary/aromatic N) is 2. The Morgan fingerprint density at radius 3 is 3.06 bits per heavy atom. The predicted molar refractivity (Wildman–Crippen MR) is 63.5 cm³/mol. The zero-order valence-corrected chi connectivity index (χ0v) is 9.94. The molecule has 1 atom stereocenters. The number of nitrogens with one attached hydrogen (secondary N) is 1. The molecule has 0 amide bonds. The average molecular weight is 221 g/mol. The molecular weight excluding hydrogens is 202 g/mol. The molecule has 0 saturated carbocycles. The van der Waals surface area contributed by atoms with Gasteiger partial charge in [-0.25, -0.2) is 4.98 Å². The average Bonchev–Trinajstić information content (AvgIpc) is 2.33. The zero-order valence-electron chi connectivity index (χ0n) is 9.94. The number of aromatic nitrogens is 1. The van der Waals surface area contributed by atoms with E-state index in [0.717, 1.165) is 26.2 Å². The molecule has 1 aliphatic heterocycles. The van der Waals surface area contributed by atoms with Crippen molar-refractivity contribution in [2.75, 3.05) is 26.7 Å². The second kappa shape index (κ2) is 5.27. The molecule has 0 spiro atoms. The van der Waals surface area contributed by atoms with Gasteiger partial charge in [-0.3, -0.25) is 4.90 Å². The van der Waals surface area contributed by atoms with Gasteiger partial charge in [-0.2, -0.15) is 0 Å². The van der Waals surface area contributed by atoms with Crippen molar-refractivity contribution >= 4 is 0 Å². The van der Waals surface area contributed by atoms with Crippen LogP contribution in [0, 0.1) is 0 Å². The highest BCUT2D eigenvalue weighted by molar-refractivity contribution is 5.17. The molecule has 0 bridgehead atoms. The van der Waals surface area contributed by atoms with Crippen LogP contribution in [0.25, 0.3) is 0 Å². The summed E-state index contributed by atoms with van der Waals surface area (Å²) in [5, 5.41) is 3.39. The zero-order chi connectivity index (χ0) is 11.4. The van der Waals surface area contributed by atoms with E-state index < -0.39 is 0 Å². The van der Waals surface area contributed by atoms with E-state index in [1.165, 1.54) is 5.56 Å². The Labute approximate surface area is 96.6 Å². The van der Waals surface area contributed by atoms with Crippen LogP contribution >= 0.6 is 0 Å². The third kappa shape index (κ3) is 2.71. The highest BCUT2D eigenvalue weighted by Crippen LogP contribution is 2.11. The number of rotatable bonds is 3. The molecule has 1 saturated heterocycles. The maximum Gasteiger partial charge on any atom is 0.212 e. The fourth-order valence-corrected chi connectivity index (χ4v) is 1.98. The molecular formula is C12H19N3O. The summed E-state index contributed by atoms with van der Waals surface area (Å²) in [7, 11) is 1.64. The first-order valence-electron chi connectivity index (χ1n) is 5.73. The summed E-state index contributed by atoms with van der Waals surface area (Å²) in [5.41, 5.74) is 1.24. The molecule has 2 heterocycles. The Balaban J connectivity index is 1.96. The molecule has 0 aliphatic carbocycles. The van der Waals surface area contributed by atoms with Gasteiger partial charge in [0.2, 0.25) is 5.88 Å². The first-order chi connectivity index (χ1) is 7.79. The Hall–Kier alpha value is -1.13. The summed E-state index contributed by atoms with van der Waals surface area (Å²) in [6.45, 7) is 6.48. The number of pyridine rings is 1. The highest BCUT2D eigenvalue weighted by Gasteiger charge is 2.17. The van der Waals surface area contributed by atoms with Gasteiger partial charge < -0.3 is 10.1 Å². The molecule has 2 rings (SSSR count). The van der Waals surface area contributed by atoms with E-state index in [2.05, 4.69) is 28.2 Å². The summed E-state index contributed by atoms with van der Waals surface area (Å²) >= 11 is 0. The van der Waals surface area contributed by atoms with Crippen molar-refractivity contribution in [2.45, 2.75) is 19.5 Å². The number of hydrogen-bond acceptors (Lipinski definition) is 4. The Bertz CT molecular complexity index is 326. The third-order valence-electron chi connectivity index (χ3n) is 3.03. The van der Waals surface area contributed by atoms with Crippen LogP contribution in [0.2, 0.25) is 0 Å². The SMILES string of the molecule is COc1ccc(CN2CCNC[C@H]2C)cn1. The number of hydrogen-bond donors (Lipinski definition) is 1. The topological polar surface area (TPSA) is 37.4 Å². The van der Waals surface area contributed by atoms with Gasteiger partial charge in [0.05, 0.1) is 7.11 Å². The normalized spacial score (nSPS) is 22.0. The van der Waals surface area contributed by atoms with Crippen molar-refractivity contribution in [1.82, 2.24) is 15.2 Å². The van der Waals surface area contributed by atoms with E-state index in [4.69, 9.17) is 4.74 Å². The van der Waals surface area contributed by atoms with Crippen LogP contribution in [0.5, 0.6) is 5.88 Å². The minimum atomic E-state index is 0.593. The van der Waals surface area contributed by atoms with Gasteiger partial charge in [0, 0.05) is 44.5 Å². The lowest BCUT2D eigenvalue weighted by Gasteiger charge is -2.33. The fourth-order valence-electron chi connectivity index (χ4n) is 1.98. The van der Waals surface area contributed by atoms with Gasteiger partial charge in [-0.05, 0) is 12.5 Å². The lowest BCUT2D eigenvalue weighted by molar-refractivity contribution is 0.165. The Morgan fingerprint density at radius 2 is 2.44 bits per heavy atom. The fraction of sp³-hybridized carbons (Fsp3) is 0.583. The van der Waals surface area contributed by atoms with E-state index in [-0.39, 0.29) is 0 Å². The smallest absolute Gasteiger partial charge is 0.212 e. The van der Waals surface area contributed by atoms with Crippen LogP contribution in [-0.4, -0.2) is 42.7 Å². The van der Waals surface area contributed by atoms with E-state index in [1.807, 2.05) is 12.3 Å². The Kier molecular flexibility index (Phi) is 3.74.